The molecule has 1 atom stereocenters. The van der Waals surface area contributed by atoms with E-state index in [2.05, 4.69) is 13.2 Å². The minimum Gasteiger partial charge on any atom is -0.466 e. The number of hydrogen-bond acceptors (Lipinski definition) is 2. The summed E-state index contributed by atoms with van der Waals surface area (Å²) in [6.45, 7) is 12.2. The molecular formula is C9H18O2. The smallest absolute Gasteiger partial charge is 0.308 e. The molecule has 66 valence electrons. The molecule has 0 saturated carbocycles. The minimum absolute atomic E-state index is 0.0601. The van der Waals surface area contributed by atoms with Gasteiger partial charge in [0.05, 0.1) is 12.5 Å². The molecule has 2 heteroatoms. The molecule has 0 saturated heterocycles. The van der Waals surface area contributed by atoms with E-state index >= 15 is 0 Å². The van der Waals surface area contributed by atoms with Crippen molar-refractivity contribution in [2.24, 2.45) is 5.92 Å². The van der Waals surface area contributed by atoms with Gasteiger partial charge in [0.1, 0.15) is 0 Å². The van der Waals surface area contributed by atoms with Crippen LogP contribution in [0.1, 0.15) is 27.2 Å². The average Bonchev–Trinajstić information content (AvgIpc) is 2.07. The standard InChI is InChI=1S/C7H14O2.C2H4/c1-4-6(3)7(8)9-5-2;1-2/h6H,4-5H2,1-3H3;1-2H2. The predicted octanol–water partition coefficient (Wildman–Crippen LogP) is 2.40. The van der Waals surface area contributed by atoms with Crippen molar-refractivity contribution in [2.75, 3.05) is 6.61 Å². The van der Waals surface area contributed by atoms with Gasteiger partial charge in [-0.05, 0) is 13.3 Å². The molecule has 0 spiro atoms. The monoisotopic (exact) mass is 158 g/mol. The van der Waals surface area contributed by atoms with E-state index in [0.29, 0.717) is 6.61 Å². The highest BCUT2D eigenvalue weighted by Gasteiger charge is 2.09. The zero-order chi connectivity index (χ0) is 9.28. The maximum absolute atomic E-state index is 10.8. The Morgan fingerprint density at radius 3 is 2.18 bits per heavy atom. The molecular weight excluding hydrogens is 140 g/mol. The van der Waals surface area contributed by atoms with Crippen LogP contribution in [0, 0.1) is 5.92 Å². The summed E-state index contributed by atoms with van der Waals surface area (Å²) in [5.74, 6) is -0.0232. The second-order valence-electron chi connectivity index (χ2n) is 2.06. The molecule has 0 fully saturated rings. The van der Waals surface area contributed by atoms with Gasteiger partial charge < -0.3 is 4.74 Å². The summed E-state index contributed by atoms with van der Waals surface area (Å²) in [5, 5.41) is 0. The molecule has 1 unspecified atom stereocenters. The summed E-state index contributed by atoms with van der Waals surface area (Å²) in [5.41, 5.74) is 0. The van der Waals surface area contributed by atoms with Crippen LogP contribution < -0.4 is 0 Å². The van der Waals surface area contributed by atoms with Gasteiger partial charge in [-0.25, -0.2) is 0 Å². The third kappa shape index (κ3) is 7.10. The van der Waals surface area contributed by atoms with E-state index in [1.165, 1.54) is 0 Å². The summed E-state index contributed by atoms with van der Waals surface area (Å²) in [4.78, 5) is 10.8. The minimum atomic E-state index is -0.0833. The second-order valence-corrected chi connectivity index (χ2v) is 2.06. The summed E-state index contributed by atoms with van der Waals surface area (Å²) in [6.07, 6.45) is 0.860. The van der Waals surface area contributed by atoms with Crippen LogP contribution in [0.15, 0.2) is 13.2 Å². The van der Waals surface area contributed by atoms with Crippen molar-refractivity contribution in [3.8, 4) is 0 Å². The number of hydrogen-bond donors (Lipinski definition) is 0. The normalized spacial score (nSPS) is 10.8. The van der Waals surface area contributed by atoms with Gasteiger partial charge in [0, 0.05) is 0 Å². The lowest BCUT2D eigenvalue weighted by Crippen LogP contribution is -2.13. The van der Waals surface area contributed by atoms with Crippen molar-refractivity contribution >= 4 is 5.97 Å². The predicted molar refractivity (Wildman–Crippen MR) is 47.3 cm³/mol. The molecule has 0 amide bonds. The second kappa shape index (κ2) is 9.21. The molecule has 0 heterocycles. The molecule has 11 heavy (non-hydrogen) atoms. The molecule has 0 aromatic carbocycles. The molecule has 0 aromatic rings. The molecule has 0 aromatic heterocycles. The first-order valence-corrected chi connectivity index (χ1v) is 3.89. The molecule has 0 bridgehead atoms. The van der Waals surface area contributed by atoms with E-state index in [4.69, 9.17) is 4.74 Å². The molecule has 0 N–H and O–H groups in total. The number of carbonyl (C=O) groups is 1. The molecule has 0 radical (unpaired) electrons. The van der Waals surface area contributed by atoms with Gasteiger partial charge in [0.15, 0.2) is 0 Å². The van der Waals surface area contributed by atoms with Gasteiger partial charge in [-0.3, -0.25) is 4.79 Å². The Balaban J connectivity index is 0. The highest BCUT2D eigenvalue weighted by atomic mass is 16.5. The van der Waals surface area contributed by atoms with Crippen molar-refractivity contribution in [3.05, 3.63) is 13.2 Å². The van der Waals surface area contributed by atoms with Crippen LogP contribution in [0.25, 0.3) is 0 Å². The lowest BCUT2D eigenvalue weighted by atomic mass is 10.1. The van der Waals surface area contributed by atoms with Crippen molar-refractivity contribution in [1.29, 1.82) is 0 Å². The van der Waals surface area contributed by atoms with E-state index in [-0.39, 0.29) is 11.9 Å². The van der Waals surface area contributed by atoms with Crippen LogP contribution >= 0.6 is 0 Å². The van der Waals surface area contributed by atoms with Gasteiger partial charge in [-0.1, -0.05) is 13.8 Å². The van der Waals surface area contributed by atoms with Crippen LogP contribution in [0.5, 0.6) is 0 Å². The summed E-state index contributed by atoms with van der Waals surface area (Å²) in [7, 11) is 0. The van der Waals surface area contributed by atoms with Crippen LogP contribution in [-0.4, -0.2) is 12.6 Å². The lowest BCUT2D eigenvalue weighted by Gasteiger charge is -2.05. The van der Waals surface area contributed by atoms with E-state index in [1.54, 1.807) is 0 Å². The Morgan fingerprint density at radius 1 is 1.45 bits per heavy atom. The van der Waals surface area contributed by atoms with Gasteiger partial charge in [-0.2, -0.15) is 0 Å². The fourth-order valence-electron chi connectivity index (χ4n) is 0.451. The Morgan fingerprint density at radius 2 is 1.91 bits per heavy atom. The van der Waals surface area contributed by atoms with E-state index in [9.17, 15) is 4.79 Å². The average molecular weight is 158 g/mol. The van der Waals surface area contributed by atoms with Gasteiger partial charge in [0.25, 0.3) is 0 Å². The third-order valence-corrected chi connectivity index (χ3v) is 1.30. The summed E-state index contributed by atoms with van der Waals surface area (Å²) >= 11 is 0. The first-order valence-electron chi connectivity index (χ1n) is 3.89. The van der Waals surface area contributed by atoms with Gasteiger partial charge in [0.2, 0.25) is 0 Å². The van der Waals surface area contributed by atoms with E-state index < -0.39 is 0 Å². The number of ether oxygens (including phenoxy) is 1. The number of esters is 1. The van der Waals surface area contributed by atoms with Crippen LogP contribution in [0.4, 0.5) is 0 Å². The summed E-state index contributed by atoms with van der Waals surface area (Å²) < 4.78 is 4.76. The zero-order valence-corrected chi connectivity index (χ0v) is 7.72. The first-order chi connectivity index (χ1) is 5.22. The molecule has 0 aliphatic rings. The molecule has 2 nitrogen and oxygen atoms in total. The van der Waals surface area contributed by atoms with Gasteiger partial charge >= 0.3 is 5.97 Å². The molecule has 0 aliphatic heterocycles. The van der Waals surface area contributed by atoms with E-state index in [1.807, 2.05) is 20.8 Å². The zero-order valence-electron chi connectivity index (χ0n) is 7.72. The maximum atomic E-state index is 10.8. The van der Waals surface area contributed by atoms with Crippen molar-refractivity contribution in [1.82, 2.24) is 0 Å². The topological polar surface area (TPSA) is 26.3 Å². The maximum Gasteiger partial charge on any atom is 0.308 e. The van der Waals surface area contributed by atoms with Gasteiger partial charge in [-0.15, -0.1) is 13.2 Å². The Labute approximate surface area is 69.3 Å². The fraction of sp³-hybridized carbons (Fsp3) is 0.667. The highest BCUT2D eigenvalue weighted by molar-refractivity contribution is 5.71. The Hall–Kier alpha value is -0.790. The van der Waals surface area contributed by atoms with Crippen LogP contribution in [0.2, 0.25) is 0 Å². The highest BCUT2D eigenvalue weighted by Crippen LogP contribution is 2.01. The largest absolute Gasteiger partial charge is 0.466 e. The van der Waals surface area contributed by atoms with Crippen LogP contribution in [0.3, 0.4) is 0 Å². The van der Waals surface area contributed by atoms with Crippen molar-refractivity contribution in [2.45, 2.75) is 27.2 Å². The summed E-state index contributed by atoms with van der Waals surface area (Å²) in [6, 6.07) is 0. The lowest BCUT2D eigenvalue weighted by molar-refractivity contribution is -0.147. The molecule has 0 rings (SSSR count). The number of carbonyl (C=O) groups excluding carboxylic acids is 1. The quantitative estimate of drug-likeness (QED) is 0.465. The van der Waals surface area contributed by atoms with Crippen molar-refractivity contribution < 1.29 is 9.53 Å². The van der Waals surface area contributed by atoms with E-state index in [0.717, 1.165) is 6.42 Å². The third-order valence-electron chi connectivity index (χ3n) is 1.30. The Kier molecular flexibility index (Phi) is 10.8. The van der Waals surface area contributed by atoms with Crippen molar-refractivity contribution in [3.63, 3.8) is 0 Å². The first kappa shape index (κ1) is 12.8. The fourth-order valence-corrected chi connectivity index (χ4v) is 0.451. The molecule has 0 aliphatic carbocycles. The Bertz CT molecular complexity index is 99.7. The number of rotatable bonds is 3. The SMILES string of the molecule is C=C.CCOC(=O)C(C)CC. The van der Waals surface area contributed by atoms with Crippen LogP contribution in [-0.2, 0) is 9.53 Å².